The first-order valence-corrected chi connectivity index (χ1v) is 6.72. The fourth-order valence-corrected chi connectivity index (χ4v) is 2.15. The highest BCUT2D eigenvalue weighted by Gasteiger charge is 2.18. The number of hydrazine groups is 1. The van der Waals surface area contributed by atoms with Gasteiger partial charge in [-0.1, -0.05) is 0 Å². The Bertz CT molecular complexity index is 477. The van der Waals surface area contributed by atoms with Crippen molar-refractivity contribution in [2.45, 2.75) is 33.2 Å². The Kier molecular flexibility index (Phi) is 4.27. The highest BCUT2D eigenvalue weighted by molar-refractivity contribution is 5.91. The van der Waals surface area contributed by atoms with Crippen LogP contribution in [-0.4, -0.2) is 25.0 Å². The first-order chi connectivity index (χ1) is 9.06. The van der Waals surface area contributed by atoms with Gasteiger partial charge in [-0.05, 0) is 39.0 Å². The fourth-order valence-electron chi connectivity index (χ4n) is 2.15. The molecule has 0 aliphatic carbocycles. The molecule has 2 heterocycles. The summed E-state index contributed by atoms with van der Waals surface area (Å²) in [6, 6.07) is 4.09. The maximum atomic E-state index is 11.8. The molecule has 5 nitrogen and oxygen atoms in total. The lowest BCUT2D eigenvalue weighted by atomic mass is 10.2. The Hall–Kier alpha value is -1.75. The van der Waals surface area contributed by atoms with Gasteiger partial charge in [-0.2, -0.15) is 0 Å². The van der Waals surface area contributed by atoms with Gasteiger partial charge >= 0.3 is 5.91 Å². The van der Waals surface area contributed by atoms with E-state index in [1.165, 1.54) is 0 Å². The smallest absolute Gasteiger partial charge is 0.305 e. The van der Waals surface area contributed by atoms with E-state index in [0.717, 1.165) is 31.0 Å². The third-order valence-corrected chi connectivity index (χ3v) is 3.44. The normalized spacial score (nSPS) is 19.2. The molecule has 3 N–H and O–H groups in total. The van der Waals surface area contributed by atoms with Crippen molar-refractivity contribution in [2.24, 2.45) is 0 Å². The molecular formula is C14H22N3O2+. The number of rotatable bonds is 4. The second-order valence-electron chi connectivity index (χ2n) is 5.24. The van der Waals surface area contributed by atoms with Gasteiger partial charge in [0.2, 0.25) is 0 Å². The van der Waals surface area contributed by atoms with E-state index in [1.807, 2.05) is 6.92 Å². The molecule has 1 aromatic rings. The predicted molar refractivity (Wildman–Crippen MR) is 72.6 cm³/mol. The van der Waals surface area contributed by atoms with Crippen LogP contribution in [0.4, 0.5) is 0 Å². The van der Waals surface area contributed by atoms with Crippen LogP contribution < -0.4 is 15.8 Å². The maximum absolute atomic E-state index is 11.8. The first-order valence-electron chi connectivity index (χ1n) is 6.72. The molecule has 1 atom stereocenters. The molecule has 5 heteroatoms. The van der Waals surface area contributed by atoms with Gasteiger partial charge in [-0.15, -0.1) is 0 Å². The van der Waals surface area contributed by atoms with Crippen molar-refractivity contribution in [3.05, 3.63) is 35.4 Å². The molecule has 0 aromatic carbocycles. The molecule has 19 heavy (non-hydrogen) atoms. The van der Waals surface area contributed by atoms with Gasteiger partial charge in [0.15, 0.2) is 5.76 Å². The molecule has 0 bridgehead atoms. The van der Waals surface area contributed by atoms with Gasteiger partial charge in [-0.3, -0.25) is 10.2 Å². The predicted octanol–water partition coefficient (Wildman–Crippen LogP) is 0.403. The number of furan rings is 1. The molecule has 104 valence electrons. The first kappa shape index (κ1) is 13.7. The minimum atomic E-state index is -0.243. The molecule has 0 spiro atoms. The van der Waals surface area contributed by atoms with Crippen LogP contribution >= 0.6 is 0 Å². The topological polar surface area (TPSA) is 58.7 Å². The van der Waals surface area contributed by atoms with E-state index in [9.17, 15) is 4.79 Å². The van der Waals surface area contributed by atoms with E-state index >= 15 is 0 Å². The summed E-state index contributed by atoms with van der Waals surface area (Å²) in [7, 11) is 0. The standard InChI is InChI=1S/C14H21N3O2/c1-10(2)17-8-6-12(7-9-17)15-16-14(18)13-5-4-11(3)19-13/h4-6,10,15H,7-9H2,1-3H3,(H,16,18)/p+1. The van der Waals surface area contributed by atoms with Gasteiger partial charge in [0.05, 0.1) is 19.1 Å². The minimum Gasteiger partial charge on any atom is -0.456 e. The number of hydrogen-bond acceptors (Lipinski definition) is 3. The highest BCUT2D eigenvalue weighted by Crippen LogP contribution is 2.05. The largest absolute Gasteiger partial charge is 0.456 e. The Balaban J connectivity index is 1.82. The summed E-state index contributed by atoms with van der Waals surface area (Å²) in [5, 5.41) is 0. The van der Waals surface area contributed by atoms with Crippen molar-refractivity contribution in [1.82, 2.24) is 10.9 Å². The SMILES string of the molecule is Cc1ccc(C(=O)NNC2=CC[NH+](C(C)C)CC2)o1. The van der Waals surface area contributed by atoms with E-state index in [4.69, 9.17) is 4.42 Å². The van der Waals surface area contributed by atoms with E-state index in [-0.39, 0.29) is 5.91 Å². The van der Waals surface area contributed by atoms with E-state index < -0.39 is 0 Å². The van der Waals surface area contributed by atoms with Crippen molar-refractivity contribution < 1.29 is 14.1 Å². The fraction of sp³-hybridized carbons (Fsp3) is 0.500. The highest BCUT2D eigenvalue weighted by atomic mass is 16.3. The quantitative estimate of drug-likeness (QED) is 0.690. The second-order valence-corrected chi connectivity index (χ2v) is 5.24. The van der Waals surface area contributed by atoms with E-state index in [2.05, 4.69) is 30.8 Å². The van der Waals surface area contributed by atoms with Gasteiger partial charge in [0, 0.05) is 12.1 Å². The summed E-state index contributed by atoms with van der Waals surface area (Å²) in [4.78, 5) is 13.3. The number of hydrogen-bond donors (Lipinski definition) is 3. The average molecular weight is 264 g/mol. The van der Waals surface area contributed by atoms with Gasteiger partial charge < -0.3 is 14.7 Å². The zero-order chi connectivity index (χ0) is 13.8. The molecule has 0 saturated heterocycles. The lowest BCUT2D eigenvalue weighted by Crippen LogP contribution is -3.15. The van der Waals surface area contributed by atoms with Crippen LogP contribution in [0.2, 0.25) is 0 Å². The number of amides is 1. The van der Waals surface area contributed by atoms with Crippen molar-refractivity contribution in [2.75, 3.05) is 13.1 Å². The molecule has 1 aliphatic heterocycles. The summed E-state index contributed by atoms with van der Waals surface area (Å²) in [6.45, 7) is 8.35. The Morgan fingerprint density at radius 1 is 1.42 bits per heavy atom. The summed E-state index contributed by atoms with van der Waals surface area (Å²) < 4.78 is 5.26. The summed E-state index contributed by atoms with van der Waals surface area (Å²) in [6.07, 6.45) is 3.09. The lowest BCUT2D eigenvalue weighted by Gasteiger charge is -2.27. The van der Waals surface area contributed by atoms with E-state index in [0.29, 0.717) is 11.8 Å². The van der Waals surface area contributed by atoms with Crippen LogP contribution in [0, 0.1) is 6.92 Å². The van der Waals surface area contributed by atoms with Gasteiger partial charge in [0.25, 0.3) is 0 Å². The second kappa shape index (κ2) is 5.93. The molecule has 1 aromatic heterocycles. The summed E-state index contributed by atoms with van der Waals surface area (Å²) >= 11 is 0. The Labute approximate surface area is 113 Å². The molecule has 1 aliphatic rings. The maximum Gasteiger partial charge on any atom is 0.305 e. The zero-order valence-corrected chi connectivity index (χ0v) is 11.7. The van der Waals surface area contributed by atoms with Gasteiger partial charge in [-0.25, -0.2) is 0 Å². The average Bonchev–Trinajstić information content (AvgIpc) is 2.83. The third kappa shape index (κ3) is 3.61. The monoisotopic (exact) mass is 264 g/mol. The Morgan fingerprint density at radius 3 is 2.74 bits per heavy atom. The van der Waals surface area contributed by atoms with Crippen molar-refractivity contribution in [3.8, 4) is 0 Å². The molecular weight excluding hydrogens is 242 g/mol. The summed E-state index contributed by atoms with van der Waals surface area (Å²) in [5.74, 6) is 0.821. The third-order valence-electron chi connectivity index (χ3n) is 3.44. The lowest BCUT2D eigenvalue weighted by molar-refractivity contribution is -0.917. The molecule has 2 rings (SSSR count). The molecule has 1 unspecified atom stereocenters. The van der Waals surface area contributed by atoms with Crippen molar-refractivity contribution in [1.29, 1.82) is 0 Å². The van der Waals surface area contributed by atoms with Crippen molar-refractivity contribution >= 4 is 5.91 Å². The van der Waals surface area contributed by atoms with Crippen LogP contribution in [0.5, 0.6) is 0 Å². The van der Waals surface area contributed by atoms with Crippen molar-refractivity contribution in [3.63, 3.8) is 0 Å². The minimum absolute atomic E-state index is 0.243. The summed E-state index contributed by atoms with van der Waals surface area (Å²) in [5.41, 5.74) is 6.71. The number of nitrogens with one attached hydrogen (secondary N) is 3. The van der Waals surface area contributed by atoms with Crippen LogP contribution in [0.15, 0.2) is 28.3 Å². The molecule has 0 fully saturated rings. The molecule has 0 radical (unpaired) electrons. The van der Waals surface area contributed by atoms with Crippen LogP contribution in [0.1, 0.15) is 36.6 Å². The zero-order valence-electron chi connectivity index (χ0n) is 11.7. The van der Waals surface area contributed by atoms with Crippen LogP contribution in [0.3, 0.4) is 0 Å². The van der Waals surface area contributed by atoms with Gasteiger partial charge in [0.1, 0.15) is 5.76 Å². The number of quaternary nitrogens is 1. The number of carbonyl (C=O) groups is 1. The number of carbonyl (C=O) groups excluding carboxylic acids is 1. The number of aryl methyl sites for hydroxylation is 1. The Morgan fingerprint density at radius 2 is 2.21 bits per heavy atom. The molecule has 0 saturated carbocycles. The van der Waals surface area contributed by atoms with Crippen LogP contribution in [0.25, 0.3) is 0 Å². The molecule has 1 amide bonds. The van der Waals surface area contributed by atoms with E-state index in [1.54, 1.807) is 17.0 Å². The van der Waals surface area contributed by atoms with Crippen LogP contribution in [-0.2, 0) is 0 Å².